The number of halogens is 1. The lowest BCUT2D eigenvalue weighted by atomic mass is 9.83. The fourth-order valence-electron chi connectivity index (χ4n) is 5.77. The summed E-state index contributed by atoms with van der Waals surface area (Å²) in [5.41, 5.74) is 1.16. The van der Waals surface area contributed by atoms with Gasteiger partial charge in [0.1, 0.15) is 11.7 Å². The number of likely N-dealkylation sites (N-methyl/N-ethyl adjacent to an activating group) is 1. The van der Waals surface area contributed by atoms with Crippen molar-refractivity contribution >= 4 is 28.6 Å². The molecule has 2 unspecified atom stereocenters. The summed E-state index contributed by atoms with van der Waals surface area (Å²) in [5.74, 6) is -0.649. The van der Waals surface area contributed by atoms with Crippen LogP contribution in [0.2, 0.25) is 0 Å². The van der Waals surface area contributed by atoms with Gasteiger partial charge in [-0.1, -0.05) is 19.3 Å². The molecule has 1 saturated carbocycles. The molecule has 3 amide bonds. The molecule has 1 aromatic heterocycles. The Bertz CT molecular complexity index is 1190. The van der Waals surface area contributed by atoms with Gasteiger partial charge in [0, 0.05) is 44.2 Å². The van der Waals surface area contributed by atoms with Crippen LogP contribution in [0, 0.1) is 11.7 Å². The molecule has 1 aliphatic carbocycles. The SMILES string of the molecule is CNC(C)C(=O)NC(C(=O)N1CCN(C(=O)c2cc3cc(F)c(OC)cc3n2C)C[C@H]1C)C1CCCCC1. The standard InChI is InChI=1S/C28H40FN5O4/c1-17-16-33(27(36)23-14-20-13-21(29)24(38-5)15-22(20)32(23)4)11-12-34(17)28(37)25(19-9-7-6-8-10-19)31-26(35)18(2)30-3/h13-15,17-19,25,30H,6-12,16H2,1-5H3,(H,31,35)/t17-,18?,25?/m1/s1. The third kappa shape index (κ3) is 5.50. The monoisotopic (exact) mass is 529 g/mol. The van der Waals surface area contributed by atoms with E-state index in [1.54, 1.807) is 42.6 Å². The van der Waals surface area contributed by atoms with Crippen LogP contribution in [-0.4, -0.2) is 84.0 Å². The van der Waals surface area contributed by atoms with Gasteiger partial charge in [-0.25, -0.2) is 4.39 Å². The van der Waals surface area contributed by atoms with Gasteiger partial charge in [-0.15, -0.1) is 0 Å². The smallest absolute Gasteiger partial charge is 0.270 e. The van der Waals surface area contributed by atoms with Crippen molar-refractivity contribution < 1.29 is 23.5 Å². The number of methoxy groups -OCH3 is 1. The highest BCUT2D eigenvalue weighted by Gasteiger charge is 2.38. The van der Waals surface area contributed by atoms with Crippen LogP contribution in [0.15, 0.2) is 18.2 Å². The van der Waals surface area contributed by atoms with Crippen molar-refractivity contribution in [2.45, 2.75) is 64.1 Å². The summed E-state index contributed by atoms with van der Waals surface area (Å²) in [6.07, 6.45) is 5.12. The summed E-state index contributed by atoms with van der Waals surface area (Å²) in [7, 11) is 4.91. The van der Waals surface area contributed by atoms with Crippen molar-refractivity contribution in [3.63, 3.8) is 0 Å². The molecule has 9 nitrogen and oxygen atoms in total. The first-order valence-corrected chi connectivity index (χ1v) is 13.6. The van der Waals surface area contributed by atoms with Crippen LogP contribution in [-0.2, 0) is 16.6 Å². The Morgan fingerprint density at radius 2 is 1.82 bits per heavy atom. The molecule has 208 valence electrons. The van der Waals surface area contributed by atoms with Gasteiger partial charge < -0.3 is 29.7 Å². The second-order valence-corrected chi connectivity index (χ2v) is 10.7. The fourth-order valence-corrected chi connectivity index (χ4v) is 5.77. The Morgan fingerprint density at radius 1 is 1.11 bits per heavy atom. The third-order valence-electron chi connectivity index (χ3n) is 8.24. The van der Waals surface area contributed by atoms with E-state index in [0.717, 1.165) is 32.1 Å². The molecule has 3 atom stereocenters. The number of ether oxygens (including phenoxy) is 1. The molecule has 38 heavy (non-hydrogen) atoms. The highest BCUT2D eigenvalue weighted by Crippen LogP contribution is 2.30. The van der Waals surface area contributed by atoms with Crippen LogP contribution < -0.4 is 15.4 Å². The van der Waals surface area contributed by atoms with E-state index in [1.165, 1.54) is 13.2 Å². The molecule has 2 aliphatic rings. The zero-order valence-corrected chi connectivity index (χ0v) is 23.1. The van der Waals surface area contributed by atoms with Crippen LogP contribution in [0.5, 0.6) is 5.75 Å². The maximum Gasteiger partial charge on any atom is 0.270 e. The number of rotatable bonds is 7. The molecule has 1 aromatic carbocycles. The molecule has 0 spiro atoms. The molecule has 2 N–H and O–H groups in total. The minimum Gasteiger partial charge on any atom is -0.494 e. The van der Waals surface area contributed by atoms with Crippen LogP contribution in [0.3, 0.4) is 0 Å². The number of nitrogens with zero attached hydrogens (tertiary/aromatic N) is 3. The molecule has 0 radical (unpaired) electrons. The van der Waals surface area contributed by atoms with Gasteiger partial charge in [0.05, 0.1) is 18.7 Å². The number of benzene rings is 1. The van der Waals surface area contributed by atoms with Gasteiger partial charge in [0.25, 0.3) is 5.91 Å². The lowest BCUT2D eigenvalue weighted by molar-refractivity contribution is -0.142. The maximum absolute atomic E-state index is 14.2. The van der Waals surface area contributed by atoms with Crippen molar-refractivity contribution in [3.05, 3.63) is 29.7 Å². The van der Waals surface area contributed by atoms with E-state index in [2.05, 4.69) is 10.6 Å². The Labute approximate surface area is 223 Å². The number of aryl methyl sites for hydroxylation is 1. The van der Waals surface area contributed by atoms with E-state index in [1.807, 2.05) is 11.8 Å². The van der Waals surface area contributed by atoms with Gasteiger partial charge >= 0.3 is 0 Å². The number of nitrogens with one attached hydrogen (secondary N) is 2. The number of hydrogen-bond acceptors (Lipinski definition) is 5. The summed E-state index contributed by atoms with van der Waals surface area (Å²) < 4.78 is 21.1. The molecule has 10 heteroatoms. The molecular formula is C28H40FN5O4. The Hall–Kier alpha value is -3.14. The molecule has 2 fully saturated rings. The maximum atomic E-state index is 14.2. The highest BCUT2D eigenvalue weighted by atomic mass is 19.1. The van der Waals surface area contributed by atoms with Crippen LogP contribution >= 0.6 is 0 Å². The predicted molar refractivity (Wildman–Crippen MR) is 144 cm³/mol. The molecule has 1 saturated heterocycles. The minimum atomic E-state index is -0.564. The number of hydrogen-bond donors (Lipinski definition) is 2. The molecule has 0 bridgehead atoms. The number of piperazine rings is 1. The second-order valence-electron chi connectivity index (χ2n) is 10.7. The zero-order chi connectivity index (χ0) is 27.6. The summed E-state index contributed by atoms with van der Waals surface area (Å²) in [4.78, 5) is 43.6. The first kappa shape index (κ1) is 27.9. The lowest BCUT2D eigenvalue weighted by Crippen LogP contribution is -2.62. The Kier molecular flexibility index (Phi) is 8.60. The normalized spacial score (nSPS) is 20.3. The largest absolute Gasteiger partial charge is 0.494 e. The summed E-state index contributed by atoms with van der Waals surface area (Å²) in [6, 6.07) is 3.49. The van der Waals surface area contributed by atoms with Crippen molar-refractivity contribution in [2.75, 3.05) is 33.8 Å². The second kappa shape index (κ2) is 11.7. The Morgan fingerprint density at radius 3 is 2.45 bits per heavy atom. The predicted octanol–water partition coefficient (Wildman–Crippen LogP) is 2.67. The topological polar surface area (TPSA) is 95.9 Å². The average Bonchev–Trinajstić information content (AvgIpc) is 3.24. The van der Waals surface area contributed by atoms with Crippen molar-refractivity contribution in [1.82, 2.24) is 25.0 Å². The summed E-state index contributed by atoms with van der Waals surface area (Å²) in [5, 5.41) is 6.60. The molecule has 2 aromatic rings. The number of carbonyl (C=O) groups excluding carboxylic acids is 3. The highest BCUT2D eigenvalue weighted by molar-refractivity contribution is 5.99. The van der Waals surface area contributed by atoms with E-state index in [-0.39, 0.29) is 35.4 Å². The van der Waals surface area contributed by atoms with E-state index in [9.17, 15) is 18.8 Å². The summed E-state index contributed by atoms with van der Waals surface area (Å²) in [6.45, 7) is 4.87. The lowest BCUT2D eigenvalue weighted by Gasteiger charge is -2.43. The number of aromatic nitrogens is 1. The number of amides is 3. The van der Waals surface area contributed by atoms with E-state index in [4.69, 9.17) is 4.74 Å². The first-order valence-electron chi connectivity index (χ1n) is 13.6. The van der Waals surface area contributed by atoms with Gasteiger partial charge in [-0.3, -0.25) is 14.4 Å². The van der Waals surface area contributed by atoms with Gasteiger partial charge in [0.2, 0.25) is 11.8 Å². The van der Waals surface area contributed by atoms with Crippen molar-refractivity contribution in [3.8, 4) is 5.75 Å². The quantitative estimate of drug-likeness (QED) is 0.575. The Balaban J connectivity index is 1.49. The van der Waals surface area contributed by atoms with Crippen molar-refractivity contribution in [2.24, 2.45) is 13.0 Å². The van der Waals surface area contributed by atoms with E-state index >= 15 is 0 Å². The minimum absolute atomic E-state index is 0.0691. The van der Waals surface area contributed by atoms with Crippen LogP contribution in [0.4, 0.5) is 4.39 Å². The number of fused-ring (bicyclic) bond motifs is 1. The zero-order valence-electron chi connectivity index (χ0n) is 23.1. The van der Waals surface area contributed by atoms with Gasteiger partial charge in [-0.2, -0.15) is 0 Å². The van der Waals surface area contributed by atoms with Crippen molar-refractivity contribution in [1.29, 1.82) is 0 Å². The number of carbonyl (C=O) groups is 3. The van der Waals surface area contributed by atoms with Crippen LogP contribution in [0.1, 0.15) is 56.4 Å². The molecule has 4 rings (SSSR count). The third-order valence-corrected chi connectivity index (χ3v) is 8.24. The van der Waals surface area contributed by atoms with Gasteiger partial charge in [0.15, 0.2) is 11.6 Å². The summed E-state index contributed by atoms with van der Waals surface area (Å²) >= 11 is 0. The van der Waals surface area contributed by atoms with Gasteiger partial charge in [-0.05, 0) is 51.8 Å². The van der Waals surface area contributed by atoms with E-state index in [0.29, 0.717) is 36.2 Å². The molecular weight excluding hydrogens is 489 g/mol. The first-order chi connectivity index (χ1) is 18.2. The molecule has 2 heterocycles. The average molecular weight is 530 g/mol. The van der Waals surface area contributed by atoms with Crippen LogP contribution in [0.25, 0.3) is 10.9 Å². The molecule has 1 aliphatic heterocycles. The fraction of sp³-hybridized carbons (Fsp3) is 0.607. The van der Waals surface area contributed by atoms with E-state index < -0.39 is 17.9 Å².